The Kier molecular flexibility index (Phi) is 2.52. The standard InChI is InChI=1S/C12H14N2O2/c1-8(11(15)16)13-12(2)7-9-5-3-4-6-10(9)14-12/h3-8,13H,1-2H3,(H,15,16)/t8-,12?/m1/s1. The largest absolute Gasteiger partial charge is 0.480 e. The summed E-state index contributed by atoms with van der Waals surface area (Å²) in [6, 6.07) is 7.13. The molecule has 1 aromatic carbocycles. The van der Waals surface area contributed by atoms with E-state index in [0.717, 1.165) is 10.6 Å². The van der Waals surface area contributed by atoms with E-state index >= 15 is 0 Å². The van der Waals surface area contributed by atoms with Crippen molar-refractivity contribution in [3.8, 4) is 0 Å². The smallest absolute Gasteiger partial charge is 0.320 e. The van der Waals surface area contributed by atoms with Crippen LogP contribution in [0.3, 0.4) is 0 Å². The molecule has 2 N–H and O–H groups in total. The third kappa shape index (κ3) is 1.97. The summed E-state index contributed by atoms with van der Waals surface area (Å²) >= 11 is 0. The maximum absolute atomic E-state index is 10.8. The van der Waals surface area contributed by atoms with E-state index in [1.165, 1.54) is 0 Å². The number of fused-ring (bicyclic) bond motifs is 1. The first-order chi connectivity index (χ1) is 7.50. The molecule has 0 bridgehead atoms. The summed E-state index contributed by atoms with van der Waals surface area (Å²) in [5, 5.41) is 13.8. The van der Waals surface area contributed by atoms with E-state index in [2.05, 4.69) is 10.3 Å². The number of carbonyl (C=O) groups is 1. The highest BCUT2D eigenvalue weighted by atomic mass is 16.4. The second-order valence-electron chi connectivity index (χ2n) is 4.17. The molecule has 1 aliphatic rings. The molecule has 16 heavy (non-hydrogen) atoms. The first-order valence-electron chi connectivity index (χ1n) is 5.18. The van der Waals surface area contributed by atoms with Gasteiger partial charge in [-0.3, -0.25) is 15.1 Å². The van der Waals surface area contributed by atoms with Crippen LogP contribution >= 0.6 is 0 Å². The van der Waals surface area contributed by atoms with Gasteiger partial charge in [0.25, 0.3) is 0 Å². The predicted molar refractivity (Wildman–Crippen MR) is 60.3 cm³/mol. The number of carboxylic acids is 1. The van der Waals surface area contributed by atoms with Gasteiger partial charge in [-0.15, -0.1) is 0 Å². The highest BCUT2D eigenvalue weighted by molar-refractivity contribution is 5.73. The Morgan fingerprint density at radius 2 is 2.19 bits per heavy atom. The first-order valence-corrected chi connectivity index (χ1v) is 5.18. The summed E-state index contributed by atoms with van der Waals surface area (Å²) in [6.07, 6.45) is 1.95. The number of aliphatic carboxylic acids is 1. The van der Waals surface area contributed by atoms with E-state index in [1.807, 2.05) is 37.3 Å². The van der Waals surface area contributed by atoms with E-state index < -0.39 is 17.7 Å². The third-order valence-electron chi connectivity index (χ3n) is 2.61. The monoisotopic (exact) mass is 218 g/mol. The lowest BCUT2D eigenvalue weighted by molar-refractivity contribution is -0.139. The molecule has 0 saturated heterocycles. The summed E-state index contributed by atoms with van der Waals surface area (Å²) in [6.45, 7) is 3.48. The zero-order chi connectivity index (χ0) is 11.8. The van der Waals surface area contributed by atoms with Gasteiger partial charge in [0, 0.05) is 0 Å². The molecule has 1 heterocycles. The fourth-order valence-electron chi connectivity index (χ4n) is 1.87. The van der Waals surface area contributed by atoms with Gasteiger partial charge < -0.3 is 5.11 Å². The van der Waals surface area contributed by atoms with E-state index in [-0.39, 0.29) is 0 Å². The number of carboxylic acid groups (broad SMARTS) is 1. The molecule has 1 aliphatic heterocycles. The zero-order valence-electron chi connectivity index (χ0n) is 9.27. The molecule has 2 atom stereocenters. The van der Waals surface area contributed by atoms with Crippen LogP contribution in [0.25, 0.3) is 6.08 Å². The van der Waals surface area contributed by atoms with Crippen molar-refractivity contribution in [2.75, 3.05) is 0 Å². The molecule has 0 fully saturated rings. The summed E-state index contributed by atoms with van der Waals surface area (Å²) in [7, 11) is 0. The molecule has 84 valence electrons. The van der Waals surface area contributed by atoms with Crippen LogP contribution < -0.4 is 15.9 Å². The van der Waals surface area contributed by atoms with Crippen LogP contribution in [-0.2, 0) is 4.79 Å². The van der Waals surface area contributed by atoms with Gasteiger partial charge in [-0.2, -0.15) is 0 Å². The quantitative estimate of drug-likeness (QED) is 0.743. The number of hydrogen-bond donors (Lipinski definition) is 2. The van der Waals surface area contributed by atoms with Crippen molar-refractivity contribution in [1.29, 1.82) is 0 Å². The Morgan fingerprint density at radius 3 is 2.81 bits per heavy atom. The van der Waals surface area contributed by atoms with Crippen LogP contribution in [0.5, 0.6) is 0 Å². The maximum atomic E-state index is 10.8. The van der Waals surface area contributed by atoms with Gasteiger partial charge in [0.05, 0.1) is 5.36 Å². The Balaban J connectivity index is 2.31. The van der Waals surface area contributed by atoms with Gasteiger partial charge in [-0.05, 0) is 31.2 Å². The number of nitrogens with zero attached hydrogens (tertiary/aromatic N) is 1. The van der Waals surface area contributed by atoms with Crippen molar-refractivity contribution in [3.63, 3.8) is 0 Å². The molecule has 0 aliphatic carbocycles. The van der Waals surface area contributed by atoms with Crippen molar-refractivity contribution in [3.05, 3.63) is 34.8 Å². The SMILES string of the molecule is C[C@@H](NC1(C)C=c2ccccc2=N1)C(=O)O. The Bertz CT molecular complexity index is 501. The number of rotatable bonds is 3. The molecule has 4 heteroatoms. The normalized spacial score (nSPS) is 24.1. The van der Waals surface area contributed by atoms with E-state index in [4.69, 9.17) is 5.11 Å². The lowest BCUT2D eigenvalue weighted by Gasteiger charge is -2.23. The predicted octanol–water partition coefficient (Wildman–Crippen LogP) is -0.121. The minimum Gasteiger partial charge on any atom is -0.480 e. The van der Waals surface area contributed by atoms with Gasteiger partial charge in [-0.1, -0.05) is 18.2 Å². The molecule has 1 aromatic rings. The minimum absolute atomic E-state index is 0.624. The molecular weight excluding hydrogens is 204 g/mol. The van der Waals surface area contributed by atoms with Crippen LogP contribution in [0.15, 0.2) is 29.3 Å². The average Bonchev–Trinajstić information content (AvgIpc) is 2.53. The third-order valence-corrected chi connectivity index (χ3v) is 2.61. The number of hydrogen-bond acceptors (Lipinski definition) is 3. The molecule has 0 radical (unpaired) electrons. The lowest BCUT2D eigenvalue weighted by Crippen LogP contribution is -2.47. The van der Waals surface area contributed by atoms with Crippen molar-refractivity contribution < 1.29 is 9.90 Å². The number of benzene rings is 1. The number of nitrogens with one attached hydrogen (secondary N) is 1. The van der Waals surface area contributed by atoms with E-state index in [0.29, 0.717) is 0 Å². The maximum Gasteiger partial charge on any atom is 0.320 e. The summed E-state index contributed by atoms with van der Waals surface area (Å²) in [4.78, 5) is 15.3. The Labute approximate surface area is 93.3 Å². The molecule has 1 unspecified atom stereocenters. The Morgan fingerprint density at radius 1 is 1.50 bits per heavy atom. The van der Waals surface area contributed by atoms with Crippen molar-refractivity contribution >= 4 is 12.0 Å². The van der Waals surface area contributed by atoms with Gasteiger partial charge >= 0.3 is 5.97 Å². The molecular formula is C12H14N2O2. The van der Waals surface area contributed by atoms with Crippen LogP contribution in [-0.4, -0.2) is 22.8 Å². The van der Waals surface area contributed by atoms with E-state index in [9.17, 15) is 4.79 Å². The Hall–Kier alpha value is -1.68. The molecule has 0 spiro atoms. The fourth-order valence-corrected chi connectivity index (χ4v) is 1.87. The molecule has 2 rings (SSSR count). The van der Waals surface area contributed by atoms with Gasteiger partial charge in [0.2, 0.25) is 0 Å². The molecule has 4 nitrogen and oxygen atoms in total. The summed E-state index contributed by atoms with van der Waals surface area (Å²) in [5.41, 5.74) is -0.624. The second-order valence-corrected chi connectivity index (χ2v) is 4.17. The van der Waals surface area contributed by atoms with Crippen LogP contribution in [0.1, 0.15) is 13.8 Å². The first kappa shape index (κ1) is 10.8. The number of para-hydroxylation sites is 1. The molecule has 0 amide bonds. The van der Waals surface area contributed by atoms with E-state index in [1.54, 1.807) is 6.92 Å². The van der Waals surface area contributed by atoms with Gasteiger partial charge in [0.15, 0.2) is 0 Å². The summed E-state index contributed by atoms with van der Waals surface area (Å²) in [5.74, 6) is -0.874. The van der Waals surface area contributed by atoms with Crippen LogP contribution in [0, 0.1) is 0 Å². The fraction of sp³-hybridized carbons (Fsp3) is 0.333. The second kappa shape index (κ2) is 3.72. The molecule has 0 saturated carbocycles. The summed E-state index contributed by atoms with van der Waals surface area (Å²) < 4.78 is 0. The van der Waals surface area contributed by atoms with Gasteiger partial charge in [-0.25, -0.2) is 0 Å². The van der Waals surface area contributed by atoms with Crippen LogP contribution in [0.4, 0.5) is 0 Å². The van der Waals surface area contributed by atoms with Crippen molar-refractivity contribution in [2.24, 2.45) is 4.99 Å². The zero-order valence-corrected chi connectivity index (χ0v) is 9.27. The average molecular weight is 218 g/mol. The lowest BCUT2D eigenvalue weighted by atomic mass is 10.1. The van der Waals surface area contributed by atoms with Crippen LogP contribution in [0.2, 0.25) is 0 Å². The minimum atomic E-state index is -0.874. The van der Waals surface area contributed by atoms with Crippen molar-refractivity contribution in [1.82, 2.24) is 5.32 Å². The van der Waals surface area contributed by atoms with Crippen molar-refractivity contribution in [2.45, 2.75) is 25.6 Å². The topological polar surface area (TPSA) is 61.7 Å². The highest BCUT2D eigenvalue weighted by Crippen LogP contribution is 2.10. The highest BCUT2D eigenvalue weighted by Gasteiger charge is 2.27. The molecule has 0 aromatic heterocycles. The van der Waals surface area contributed by atoms with Gasteiger partial charge in [0.1, 0.15) is 11.7 Å².